The number of hydrogen-bond acceptors (Lipinski definition) is 6. The van der Waals surface area contributed by atoms with Crippen molar-refractivity contribution in [2.24, 2.45) is 5.92 Å². The molecular formula is C23H21F3N6O. The molecule has 0 radical (unpaired) electrons. The second kappa shape index (κ2) is 8.09. The minimum absolute atomic E-state index is 0.0938. The quantitative estimate of drug-likeness (QED) is 0.642. The predicted octanol–water partition coefficient (Wildman–Crippen LogP) is 3.98. The Morgan fingerprint density at radius 2 is 1.94 bits per heavy atom. The topological polar surface area (TPSA) is 83.9 Å². The van der Waals surface area contributed by atoms with Gasteiger partial charge in [-0.15, -0.1) is 0 Å². The second-order valence-electron chi connectivity index (χ2n) is 8.52. The molecule has 7 nitrogen and oxygen atoms in total. The minimum atomic E-state index is -4.53. The van der Waals surface area contributed by atoms with Gasteiger partial charge in [0.1, 0.15) is 11.5 Å². The molecule has 33 heavy (non-hydrogen) atoms. The van der Waals surface area contributed by atoms with Gasteiger partial charge in [0.25, 0.3) is 5.91 Å². The van der Waals surface area contributed by atoms with Crippen LogP contribution in [0.15, 0.2) is 49.1 Å². The van der Waals surface area contributed by atoms with Crippen LogP contribution in [0.3, 0.4) is 0 Å². The number of likely N-dealkylation sites (tertiary alicyclic amines) is 1. The zero-order valence-corrected chi connectivity index (χ0v) is 17.8. The summed E-state index contributed by atoms with van der Waals surface area (Å²) in [6.07, 6.45) is 2.29. The monoisotopic (exact) mass is 454 g/mol. The van der Waals surface area contributed by atoms with Gasteiger partial charge in [0, 0.05) is 25.0 Å². The van der Waals surface area contributed by atoms with Crippen molar-refractivity contribution in [2.45, 2.75) is 38.0 Å². The second-order valence-corrected chi connectivity index (χ2v) is 8.52. The van der Waals surface area contributed by atoms with Gasteiger partial charge in [-0.2, -0.15) is 13.2 Å². The number of fused-ring (bicyclic) bond motifs is 2. The van der Waals surface area contributed by atoms with Crippen LogP contribution in [0.1, 0.15) is 34.5 Å². The van der Waals surface area contributed by atoms with E-state index in [2.05, 4.69) is 25.3 Å². The molecule has 1 aliphatic heterocycles. The molecule has 170 valence electrons. The van der Waals surface area contributed by atoms with Crippen LogP contribution in [0.25, 0.3) is 11.4 Å². The highest BCUT2D eigenvalue weighted by atomic mass is 19.4. The summed E-state index contributed by atoms with van der Waals surface area (Å²) in [6, 6.07) is 7.09. The number of rotatable bonds is 4. The molecule has 3 aromatic heterocycles. The maximum atomic E-state index is 13.6. The van der Waals surface area contributed by atoms with Gasteiger partial charge in [-0.1, -0.05) is 6.07 Å². The molecular weight excluding hydrogens is 433 g/mol. The van der Waals surface area contributed by atoms with Gasteiger partial charge in [0.05, 0.1) is 29.7 Å². The number of halogens is 3. The van der Waals surface area contributed by atoms with Crippen molar-refractivity contribution in [1.29, 1.82) is 0 Å². The van der Waals surface area contributed by atoms with Gasteiger partial charge in [-0.05, 0) is 49.4 Å². The van der Waals surface area contributed by atoms with Crippen molar-refractivity contribution < 1.29 is 18.0 Å². The molecule has 5 rings (SSSR count). The summed E-state index contributed by atoms with van der Waals surface area (Å²) in [5.41, 5.74) is 1.49. The number of alkyl halides is 3. The number of carbonyl (C=O) groups excluding carboxylic acids is 1. The smallest absolute Gasteiger partial charge is 0.364 e. The van der Waals surface area contributed by atoms with Crippen LogP contribution in [-0.2, 0) is 6.18 Å². The Morgan fingerprint density at radius 3 is 2.61 bits per heavy atom. The predicted molar refractivity (Wildman–Crippen MR) is 114 cm³/mol. The Labute approximate surface area is 188 Å². The standard InChI is InChI=1S/C23H21F3N6O/c1-13-6-15(21(30-9-13)16-4-2-3-5-27-16)22(33)32-12-14-7-17(18(32)8-14)31-20-11-28-19(10-29-20)23(24,25)26/h2-6,9-11,14,17-18H,7-8,12H2,1H3,(H,29,31). The van der Waals surface area contributed by atoms with Crippen LogP contribution in [0.5, 0.6) is 0 Å². The van der Waals surface area contributed by atoms with Crippen molar-refractivity contribution in [3.05, 3.63) is 65.9 Å². The summed E-state index contributed by atoms with van der Waals surface area (Å²) in [5.74, 6) is 0.457. The van der Waals surface area contributed by atoms with Crippen molar-refractivity contribution >= 4 is 11.7 Å². The van der Waals surface area contributed by atoms with Crippen molar-refractivity contribution in [3.63, 3.8) is 0 Å². The summed E-state index contributed by atoms with van der Waals surface area (Å²) in [4.78, 5) is 31.6. The highest BCUT2D eigenvalue weighted by Gasteiger charge is 2.47. The maximum absolute atomic E-state index is 13.6. The summed E-state index contributed by atoms with van der Waals surface area (Å²) < 4.78 is 38.3. The first kappa shape index (κ1) is 21.3. The molecule has 10 heteroatoms. The van der Waals surface area contributed by atoms with E-state index in [0.717, 1.165) is 30.8 Å². The number of anilines is 1. The van der Waals surface area contributed by atoms with E-state index in [1.54, 1.807) is 18.5 Å². The molecule has 1 amide bonds. The third-order valence-electron chi connectivity index (χ3n) is 6.18. The molecule has 3 unspecified atom stereocenters. The lowest BCUT2D eigenvalue weighted by atomic mass is 10.0. The van der Waals surface area contributed by atoms with Crippen LogP contribution >= 0.6 is 0 Å². The number of pyridine rings is 2. The van der Waals surface area contributed by atoms with Gasteiger partial charge in [-0.25, -0.2) is 9.97 Å². The molecule has 4 heterocycles. The van der Waals surface area contributed by atoms with E-state index < -0.39 is 11.9 Å². The molecule has 0 spiro atoms. The number of aryl methyl sites for hydroxylation is 1. The zero-order valence-electron chi connectivity index (χ0n) is 17.8. The van der Waals surface area contributed by atoms with Crippen molar-refractivity contribution in [3.8, 4) is 11.4 Å². The molecule has 1 aliphatic carbocycles. The normalized spacial score (nSPS) is 21.9. The maximum Gasteiger partial charge on any atom is 0.434 e. The van der Waals surface area contributed by atoms with E-state index in [9.17, 15) is 18.0 Å². The number of aromatic nitrogens is 4. The van der Waals surface area contributed by atoms with Crippen molar-refractivity contribution in [2.75, 3.05) is 11.9 Å². The van der Waals surface area contributed by atoms with E-state index in [0.29, 0.717) is 29.4 Å². The van der Waals surface area contributed by atoms with E-state index >= 15 is 0 Å². The number of piperidine rings is 1. The number of nitrogens with zero attached hydrogens (tertiary/aromatic N) is 5. The fourth-order valence-electron chi connectivity index (χ4n) is 4.75. The lowest BCUT2D eigenvalue weighted by Crippen LogP contribution is -2.48. The fraction of sp³-hybridized carbons (Fsp3) is 0.348. The Balaban J connectivity index is 1.37. The molecule has 2 fully saturated rings. The van der Waals surface area contributed by atoms with E-state index in [1.807, 2.05) is 30.0 Å². The molecule has 2 bridgehead atoms. The van der Waals surface area contributed by atoms with Crippen LogP contribution in [0.4, 0.5) is 19.0 Å². The first-order valence-electron chi connectivity index (χ1n) is 10.6. The SMILES string of the molecule is Cc1cnc(-c2ccccn2)c(C(=O)N2CC3CC(Nc4cnc(C(F)(F)F)cn4)C2C3)c1. The molecule has 3 atom stereocenters. The number of nitrogens with one attached hydrogen (secondary N) is 1. The largest absolute Gasteiger partial charge is 0.434 e. The lowest BCUT2D eigenvalue weighted by Gasteiger charge is -2.34. The summed E-state index contributed by atoms with van der Waals surface area (Å²) >= 11 is 0. The summed E-state index contributed by atoms with van der Waals surface area (Å²) in [6.45, 7) is 2.52. The molecule has 3 aromatic rings. The Hall–Kier alpha value is -3.56. The van der Waals surface area contributed by atoms with Gasteiger partial charge < -0.3 is 10.2 Å². The average Bonchev–Trinajstić information content (AvgIpc) is 3.39. The van der Waals surface area contributed by atoms with Crippen LogP contribution < -0.4 is 5.32 Å². The first-order valence-corrected chi connectivity index (χ1v) is 10.6. The highest BCUT2D eigenvalue weighted by Crippen LogP contribution is 2.40. The zero-order chi connectivity index (χ0) is 23.2. The van der Waals surface area contributed by atoms with E-state index in [-0.39, 0.29) is 23.8 Å². The van der Waals surface area contributed by atoms with Crippen LogP contribution in [0, 0.1) is 12.8 Å². The van der Waals surface area contributed by atoms with Crippen LogP contribution in [0.2, 0.25) is 0 Å². The Bertz CT molecular complexity index is 1170. The van der Waals surface area contributed by atoms with Gasteiger partial charge in [0.15, 0.2) is 5.69 Å². The fourth-order valence-corrected chi connectivity index (χ4v) is 4.75. The third-order valence-corrected chi connectivity index (χ3v) is 6.18. The number of amides is 1. The minimum Gasteiger partial charge on any atom is -0.364 e. The lowest BCUT2D eigenvalue weighted by molar-refractivity contribution is -0.141. The van der Waals surface area contributed by atoms with E-state index in [1.165, 1.54) is 0 Å². The summed E-state index contributed by atoms with van der Waals surface area (Å²) in [5, 5.41) is 3.18. The molecule has 0 aromatic carbocycles. The van der Waals surface area contributed by atoms with Gasteiger partial charge in [-0.3, -0.25) is 14.8 Å². The first-order chi connectivity index (χ1) is 15.8. The average molecular weight is 454 g/mol. The van der Waals surface area contributed by atoms with Gasteiger partial charge >= 0.3 is 6.18 Å². The molecule has 2 aliphatic rings. The van der Waals surface area contributed by atoms with Crippen molar-refractivity contribution in [1.82, 2.24) is 24.8 Å². The highest BCUT2D eigenvalue weighted by molar-refractivity contribution is 6.00. The molecule has 1 N–H and O–H groups in total. The number of carbonyl (C=O) groups is 1. The Kier molecular flexibility index (Phi) is 5.22. The Morgan fingerprint density at radius 1 is 1.09 bits per heavy atom. The van der Waals surface area contributed by atoms with Crippen LogP contribution in [-0.4, -0.2) is 49.4 Å². The molecule has 1 saturated carbocycles. The van der Waals surface area contributed by atoms with E-state index in [4.69, 9.17) is 0 Å². The number of hydrogen-bond donors (Lipinski definition) is 1. The van der Waals surface area contributed by atoms with Gasteiger partial charge in [0.2, 0.25) is 0 Å². The molecule has 1 saturated heterocycles. The third kappa shape index (κ3) is 4.12. The summed E-state index contributed by atoms with van der Waals surface area (Å²) in [7, 11) is 0.